The van der Waals surface area contributed by atoms with Crippen LogP contribution in [0.25, 0.3) is 0 Å². The minimum atomic E-state index is -1.01. The van der Waals surface area contributed by atoms with Gasteiger partial charge in [0.2, 0.25) is 0 Å². The van der Waals surface area contributed by atoms with E-state index in [0.717, 1.165) is 0 Å². The smallest absolute Gasteiger partial charge is 0.307 e. The Morgan fingerprint density at radius 2 is 2.20 bits per heavy atom. The van der Waals surface area contributed by atoms with Crippen LogP contribution in [-0.4, -0.2) is 16.0 Å². The standard InChI is InChI=1S/C9H8BrNO4/c1-5-7(10)2-6(4-9(12)13)3-8(5)11(14)15/h2-3H,4H2,1H3,(H,12,13). The third-order valence-electron chi connectivity index (χ3n) is 1.93. The van der Waals surface area contributed by atoms with Crippen molar-refractivity contribution in [2.24, 2.45) is 0 Å². The number of benzene rings is 1. The molecule has 0 amide bonds. The first-order valence-corrected chi connectivity index (χ1v) is 4.86. The molecule has 0 aliphatic rings. The van der Waals surface area contributed by atoms with Crippen molar-refractivity contribution in [3.8, 4) is 0 Å². The molecule has 15 heavy (non-hydrogen) atoms. The Labute approximate surface area is 94.0 Å². The minimum absolute atomic E-state index is 0.0689. The Balaban J connectivity index is 3.23. The molecule has 0 radical (unpaired) electrons. The molecule has 0 aromatic heterocycles. The maximum atomic E-state index is 10.6. The van der Waals surface area contributed by atoms with Crippen LogP contribution in [0.1, 0.15) is 11.1 Å². The predicted octanol–water partition coefficient (Wildman–Crippen LogP) is 2.29. The number of aliphatic carboxylic acids is 1. The molecule has 0 aliphatic heterocycles. The van der Waals surface area contributed by atoms with Crippen LogP contribution in [0.5, 0.6) is 0 Å². The van der Waals surface area contributed by atoms with Gasteiger partial charge in [0, 0.05) is 16.1 Å². The fraction of sp³-hybridized carbons (Fsp3) is 0.222. The minimum Gasteiger partial charge on any atom is -0.481 e. The molecular weight excluding hydrogens is 266 g/mol. The average molecular weight is 274 g/mol. The van der Waals surface area contributed by atoms with E-state index in [1.165, 1.54) is 6.07 Å². The zero-order valence-corrected chi connectivity index (χ0v) is 9.44. The van der Waals surface area contributed by atoms with Crippen LogP contribution in [0, 0.1) is 17.0 Å². The molecule has 1 aromatic carbocycles. The van der Waals surface area contributed by atoms with Gasteiger partial charge < -0.3 is 5.11 Å². The summed E-state index contributed by atoms with van der Waals surface area (Å²) in [5, 5.41) is 19.2. The summed E-state index contributed by atoms with van der Waals surface area (Å²) in [5.74, 6) is -1.01. The SMILES string of the molecule is Cc1c(Br)cc(CC(=O)O)cc1[N+](=O)[O-]. The maximum absolute atomic E-state index is 10.6. The lowest BCUT2D eigenvalue weighted by Gasteiger charge is -2.03. The van der Waals surface area contributed by atoms with Crippen LogP contribution in [0.2, 0.25) is 0 Å². The number of carbonyl (C=O) groups is 1. The molecule has 6 heteroatoms. The van der Waals surface area contributed by atoms with E-state index in [1.807, 2.05) is 0 Å². The van der Waals surface area contributed by atoms with Crippen molar-refractivity contribution in [1.82, 2.24) is 0 Å². The molecule has 5 nitrogen and oxygen atoms in total. The van der Waals surface area contributed by atoms with Gasteiger partial charge in [-0.2, -0.15) is 0 Å². The van der Waals surface area contributed by atoms with Gasteiger partial charge in [0.25, 0.3) is 5.69 Å². The lowest BCUT2D eigenvalue weighted by Crippen LogP contribution is -2.02. The lowest BCUT2D eigenvalue weighted by atomic mass is 10.1. The van der Waals surface area contributed by atoms with Gasteiger partial charge in [-0.3, -0.25) is 14.9 Å². The van der Waals surface area contributed by atoms with Crippen molar-refractivity contribution < 1.29 is 14.8 Å². The fourth-order valence-electron chi connectivity index (χ4n) is 1.19. The zero-order valence-electron chi connectivity index (χ0n) is 7.86. The topological polar surface area (TPSA) is 80.4 Å². The number of rotatable bonds is 3. The highest BCUT2D eigenvalue weighted by atomic mass is 79.9. The van der Waals surface area contributed by atoms with Gasteiger partial charge in [-0.1, -0.05) is 15.9 Å². The molecule has 0 fully saturated rings. The van der Waals surface area contributed by atoms with Gasteiger partial charge in [-0.05, 0) is 18.6 Å². The molecule has 1 N–H and O–H groups in total. The Morgan fingerprint density at radius 3 is 2.67 bits per heavy atom. The van der Waals surface area contributed by atoms with E-state index in [4.69, 9.17) is 5.11 Å². The Hall–Kier alpha value is -1.43. The second-order valence-electron chi connectivity index (χ2n) is 3.05. The molecular formula is C9H8BrNO4. The molecule has 0 spiro atoms. The van der Waals surface area contributed by atoms with E-state index in [-0.39, 0.29) is 12.1 Å². The summed E-state index contributed by atoms with van der Waals surface area (Å²) < 4.78 is 0.549. The molecule has 0 heterocycles. The maximum Gasteiger partial charge on any atom is 0.307 e. The fourth-order valence-corrected chi connectivity index (χ4v) is 1.68. The van der Waals surface area contributed by atoms with Crippen molar-refractivity contribution in [3.63, 3.8) is 0 Å². The van der Waals surface area contributed by atoms with Gasteiger partial charge in [-0.25, -0.2) is 0 Å². The molecule has 80 valence electrons. The number of nitro benzene ring substituents is 1. The summed E-state index contributed by atoms with van der Waals surface area (Å²) in [7, 11) is 0. The van der Waals surface area contributed by atoms with Crippen LogP contribution in [0.15, 0.2) is 16.6 Å². The van der Waals surface area contributed by atoms with Gasteiger partial charge in [0.1, 0.15) is 0 Å². The second kappa shape index (κ2) is 4.39. The first-order valence-electron chi connectivity index (χ1n) is 4.07. The highest BCUT2D eigenvalue weighted by Gasteiger charge is 2.15. The number of hydrogen-bond donors (Lipinski definition) is 1. The predicted molar refractivity (Wildman–Crippen MR) is 56.9 cm³/mol. The van der Waals surface area contributed by atoms with Gasteiger partial charge in [0.05, 0.1) is 11.3 Å². The third-order valence-corrected chi connectivity index (χ3v) is 2.75. The van der Waals surface area contributed by atoms with Gasteiger partial charge >= 0.3 is 5.97 Å². The third kappa shape index (κ3) is 2.76. The van der Waals surface area contributed by atoms with Crippen molar-refractivity contribution in [2.45, 2.75) is 13.3 Å². The van der Waals surface area contributed by atoms with Crippen LogP contribution < -0.4 is 0 Å². The van der Waals surface area contributed by atoms with E-state index in [2.05, 4.69) is 15.9 Å². The second-order valence-corrected chi connectivity index (χ2v) is 3.90. The van der Waals surface area contributed by atoms with Crippen LogP contribution in [0.4, 0.5) is 5.69 Å². The summed E-state index contributed by atoms with van der Waals surface area (Å²) in [6.45, 7) is 1.60. The normalized spacial score (nSPS) is 10.0. The molecule has 0 bridgehead atoms. The van der Waals surface area contributed by atoms with Gasteiger partial charge in [-0.15, -0.1) is 0 Å². The van der Waals surface area contributed by atoms with Crippen LogP contribution in [-0.2, 0) is 11.2 Å². The van der Waals surface area contributed by atoms with E-state index in [1.54, 1.807) is 13.0 Å². The molecule has 0 saturated heterocycles. The number of hydrogen-bond acceptors (Lipinski definition) is 3. The molecule has 0 aliphatic carbocycles. The number of nitrogens with zero attached hydrogens (tertiary/aromatic N) is 1. The van der Waals surface area contributed by atoms with Crippen molar-refractivity contribution in [1.29, 1.82) is 0 Å². The first-order chi connectivity index (χ1) is 6.91. The van der Waals surface area contributed by atoms with E-state index in [9.17, 15) is 14.9 Å². The summed E-state index contributed by atoms with van der Waals surface area (Å²) in [4.78, 5) is 20.6. The lowest BCUT2D eigenvalue weighted by molar-refractivity contribution is -0.385. The number of carboxylic acids is 1. The number of carboxylic acid groups (broad SMARTS) is 1. The van der Waals surface area contributed by atoms with E-state index < -0.39 is 10.9 Å². The van der Waals surface area contributed by atoms with Crippen LogP contribution >= 0.6 is 15.9 Å². The van der Waals surface area contributed by atoms with Crippen molar-refractivity contribution in [2.75, 3.05) is 0 Å². The van der Waals surface area contributed by atoms with E-state index >= 15 is 0 Å². The Morgan fingerprint density at radius 1 is 1.60 bits per heavy atom. The average Bonchev–Trinajstić information content (AvgIpc) is 2.09. The number of nitro groups is 1. The monoisotopic (exact) mass is 273 g/mol. The quantitative estimate of drug-likeness (QED) is 0.677. The summed E-state index contributed by atoms with van der Waals surface area (Å²) >= 11 is 3.16. The number of halogens is 1. The molecule has 0 atom stereocenters. The van der Waals surface area contributed by atoms with Crippen molar-refractivity contribution >= 4 is 27.6 Å². The van der Waals surface area contributed by atoms with Crippen molar-refractivity contribution in [3.05, 3.63) is 37.8 Å². The molecule has 0 unspecified atom stereocenters. The summed E-state index contributed by atoms with van der Waals surface area (Å²) in [6, 6.07) is 2.87. The molecule has 0 saturated carbocycles. The highest BCUT2D eigenvalue weighted by molar-refractivity contribution is 9.10. The Kier molecular flexibility index (Phi) is 3.41. The first kappa shape index (κ1) is 11.6. The van der Waals surface area contributed by atoms with Gasteiger partial charge in [0.15, 0.2) is 0 Å². The molecule has 1 aromatic rings. The summed E-state index contributed by atoms with van der Waals surface area (Å²) in [6.07, 6.45) is -0.223. The highest BCUT2D eigenvalue weighted by Crippen LogP contribution is 2.27. The molecule has 1 rings (SSSR count). The largest absolute Gasteiger partial charge is 0.481 e. The van der Waals surface area contributed by atoms with E-state index in [0.29, 0.717) is 15.6 Å². The Bertz CT molecular complexity index is 430. The zero-order chi connectivity index (χ0) is 11.6. The van der Waals surface area contributed by atoms with Crippen LogP contribution in [0.3, 0.4) is 0 Å². The summed E-state index contributed by atoms with van der Waals surface area (Å²) in [5.41, 5.74) is 0.835.